The van der Waals surface area contributed by atoms with Gasteiger partial charge < -0.3 is 5.11 Å². The van der Waals surface area contributed by atoms with Crippen LogP contribution in [-0.4, -0.2) is 17.0 Å². The SMILES string of the molecule is C[C@@H]1C[C@H]2[C@@H]3CC[C@H]4CC(=O)CC[C@]4(C)[C@H]3CC[C@]2(C)[C@@H]1O. The van der Waals surface area contributed by atoms with Crippen molar-refractivity contribution in [3.05, 3.63) is 0 Å². The van der Waals surface area contributed by atoms with Gasteiger partial charge in [-0.2, -0.15) is 0 Å². The van der Waals surface area contributed by atoms with Gasteiger partial charge in [0.15, 0.2) is 0 Å². The number of ketones is 1. The zero-order chi connectivity index (χ0) is 15.7. The molecule has 22 heavy (non-hydrogen) atoms. The number of fused-ring (bicyclic) bond motifs is 5. The van der Waals surface area contributed by atoms with Crippen molar-refractivity contribution in [1.29, 1.82) is 0 Å². The van der Waals surface area contributed by atoms with E-state index in [1.807, 2.05) is 0 Å². The lowest BCUT2D eigenvalue weighted by Crippen LogP contribution is -2.54. The third kappa shape index (κ3) is 1.85. The second kappa shape index (κ2) is 4.82. The van der Waals surface area contributed by atoms with E-state index in [4.69, 9.17) is 0 Å². The molecule has 0 aromatic rings. The van der Waals surface area contributed by atoms with Crippen molar-refractivity contribution in [3.8, 4) is 0 Å². The van der Waals surface area contributed by atoms with Crippen molar-refractivity contribution in [2.24, 2.45) is 40.4 Å². The van der Waals surface area contributed by atoms with Gasteiger partial charge in [0, 0.05) is 12.8 Å². The summed E-state index contributed by atoms with van der Waals surface area (Å²) in [4.78, 5) is 11.9. The summed E-state index contributed by atoms with van der Waals surface area (Å²) in [5, 5.41) is 10.7. The first kappa shape index (κ1) is 15.2. The fourth-order valence-corrected chi connectivity index (χ4v) is 7.38. The predicted molar refractivity (Wildman–Crippen MR) is 87.3 cm³/mol. The first-order valence-electron chi connectivity index (χ1n) is 9.56. The van der Waals surface area contributed by atoms with Crippen LogP contribution in [0.3, 0.4) is 0 Å². The summed E-state index contributed by atoms with van der Waals surface area (Å²) in [6.45, 7) is 7.11. The van der Waals surface area contributed by atoms with E-state index < -0.39 is 0 Å². The molecule has 4 saturated carbocycles. The Morgan fingerprint density at radius 3 is 2.59 bits per heavy atom. The van der Waals surface area contributed by atoms with Crippen molar-refractivity contribution >= 4 is 5.78 Å². The maximum Gasteiger partial charge on any atom is 0.133 e. The summed E-state index contributed by atoms with van der Waals surface area (Å²) in [6, 6.07) is 0. The van der Waals surface area contributed by atoms with Gasteiger partial charge in [0.1, 0.15) is 5.78 Å². The van der Waals surface area contributed by atoms with Gasteiger partial charge in [-0.25, -0.2) is 0 Å². The lowest BCUT2D eigenvalue weighted by atomic mass is 9.45. The summed E-state index contributed by atoms with van der Waals surface area (Å²) in [7, 11) is 0. The van der Waals surface area contributed by atoms with Gasteiger partial charge in [-0.3, -0.25) is 4.79 Å². The van der Waals surface area contributed by atoms with E-state index in [1.54, 1.807) is 0 Å². The molecule has 4 aliphatic carbocycles. The smallest absolute Gasteiger partial charge is 0.133 e. The molecule has 0 saturated heterocycles. The largest absolute Gasteiger partial charge is 0.392 e. The molecule has 1 N–H and O–H groups in total. The number of rotatable bonds is 0. The average molecular weight is 304 g/mol. The lowest BCUT2D eigenvalue weighted by Gasteiger charge is -2.60. The zero-order valence-corrected chi connectivity index (χ0v) is 14.5. The van der Waals surface area contributed by atoms with Crippen LogP contribution in [0.2, 0.25) is 0 Å². The van der Waals surface area contributed by atoms with Gasteiger partial charge in [-0.1, -0.05) is 20.8 Å². The van der Waals surface area contributed by atoms with Crippen molar-refractivity contribution in [2.75, 3.05) is 0 Å². The first-order valence-corrected chi connectivity index (χ1v) is 9.56. The Morgan fingerprint density at radius 1 is 1.05 bits per heavy atom. The quantitative estimate of drug-likeness (QED) is 0.728. The number of hydrogen-bond acceptors (Lipinski definition) is 2. The summed E-state index contributed by atoms with van der Waals surface area (Å²) < 4.78 is 0. The van der Waals surface area contributed by atoms with Crippen LogP contribution in [-0.2, 0) is 4.79 Å². The summed E-state index contributed by atoms with van der Waals surface area (Å²) in [6.07, 6.45) is 8.94. The van der Waals surface area contributed by atoms with E-state index >= 15 is 0 Å². The molecule has 2 nitrogen and oxygen atoms in total. The third-order valence-corrected chi connectivity index (χ3v) is 8.76. The Labute approximate surface area is 135 Å². The Morgan fingerprint density at radius 2 is 1.82 bits per heavy atom. The van der Waals surface area contributed by atoms with Gasteiger partial charge in [-0.15, -0.1) is 0 Å². The Bertz CT molecular complexity index is 486. The van der Waals surface area contributed by atoms with Crippen LogP contribution >= 0.6 is 0 Å². The summed E-state index contributed by atoms with van der Waals surface area (Å²) in [5.74, 6) is 3.93. The molecule has 0 amide bonds. The summed E-state index contributed by atoms with van der Waals surface area (Å²) in [5.41, 5.74) is 0.559. The Kier molecular flexibility index (Phi) is 3.32. The molecule has 0 aromatic heterocycles. The molecule has 0 bridgehead atoms. The Balaban J connectivity index is 1.64. The highest BCUT2D eigenvalue weighted by molar-refractivity contribution is 5.79. The normalized spacial score (nSPS) is 57.9. The van der Waals surface area contributed by atoms with Crippen LogP contribution < -0.4 is 0 Å². The van der Waals surface area contributed by atoms with E-state index in [2.05, 4.69) is 20.8 Å². The van der Waals surface area contributed by atoms with Crippen LogP contribution in [0.1, 0.15) is 72.1 Å². The number of Topliss-reactive ketones (excluding diaryl/α,β-unsaturated/α-hetero) is 1. The number of carbonyl (C=O) groups excluding carboxylic acids is 1. The van der Waals surface area contributed by atoms with E-state index in [1.165, 1.54) is 32.1 Å². The van der Waals surface area contributed by atoms with Crippen molar-refractivity contribution < 1.29 is 9.90 Å². The standard InChI is InChI=1S/C20H32O2/c1-12-10-17-15-5-4-13-11-14(21)6-8-19(13,2)16(15)7-9-20(17,3)18(12)22/h12-13,15-18,22H,4-11H2,1-3H3/t12-,13+,15-,16+,17+,18-,19+,20+/m1/s1. The zero-order valence-electron chi connectivity index (χ0n) is 14.5. The Hall–Kier alpha value is -0.370. The molecular weight excluding hydrogens is 272 g/mol. The monoisotopic (exact) mass is 304 g/mol. The highest BCUT2D eigenvalue weighted by Crippen LogP contribution is 2.66. The van der Waals surface area contributed by atoms with Crippen LogP contribution in [0, 0.1) is 40.4 Å². The number of carbonyl (C=O) groups is 1. The summed E-state index contributed by atoms with van der Waals surface area (Å²) >= 11 is 0. The van der Waals surface area contributed by atoms with E-state index in [0.29, 0.717) is 29.0 Å². The third-order valence-electron chi connectivity index (χ3n) is 8.76. The maximum atomic E-state index is 11.9. The highest BCUT2D eigenvalue weighted by Gasteiger charge is 2.61. The molecule has 0 heterocycles. The molecule has 124 valence electrons. The van der Waals surface area contributed by atoms with Crippen molar-refractivity contribution in [3.63, 3.8) is 0 Å². The van der Waals surface area contributed by atoms with Gasteiger partial charge in [0.2, 0.25) is 0 Å². The molecule has 0 aliphatic heterocycles. The van der Waals surface area contributed by atoms with Crippen molar-refractivity contribution in [2.45, 2.75) is 78.2 Å². The van der Waals surface area contributed by atoms with E-state index in [9.17, 15) is 9.90 Å². The highest BCUT2D eigenvalue weighted by atomic mass is 16.3. The van der Waals surface area contributed by atoms with Gasteiger partial charge in [-0.05, 0) is 78.9 Å². The second-order valence-corrected chi connectivity index (χ2v) is 9.60. The minimum absolute atomic E-state index is 0.100. The maximum absolute atomic E-state index is 11.9. The van der Waals surface area contributed by atoms with Crippen LogP contribution in [0.25, 0.3) is 0 Å². The second-order valence-electron chi connectivity index (χ2n) is 9.60. The molecule has 4 rings (SSSR count). The molecule has 4 fully saturated rings. The van der Waals surface area contributed by atoms with Crippen molar-refractivity contribution in [1.82, 2.24) is 0 Å². The van der Waals surface area contributed by atoms with Crippen LogP contribution in [0.4, 0.5) is 0 Å². The molecule has 2 heteroatoms. The molecule has 4 aliphatic rings. The molecule has 0 unspecified atom stereocenters. The van der Waals surface area contributed by atoms with E-state index in [0.717, 1.165) is 31.1 Å². The molecule has 8 atom stereocenters. The number of aliphatic hydroxyl groups is 1. The van der Waals surface area contributed by atoms with Crippen LogP contribution in [0.15, 0.2) is 0 Å². The predicted octanol–water partition coefficient (Wildman–Crippen LogP) is 4.21. The molecule has 0 radical (unpaired) electrons. The fraction of sp³-hybridized carbons (Fsp3) is 0.950. The number of hydrogen-bond donors (Lipinski definition) is 1. The van der Waals surface area contributed by atoms with E-state index in [-0.39, 0.29) is 11.5 Å². The number of aliphatic hydroxyl groups excluding tert-OH is 1. The topological polar surface area (TPSA) is 37.3 Å². The van der Waals surface area contributed by atoms with Gasteiger partial charge >= 0.3 is 0 Å². The van der Waals surface area contributed by atoms with Crippen LogP contribution in [0.5, 0.6) is 0 Å². The molecular formula is C20H32O2. The average Bonchev–Trinajstić information content (AvgIpc) is 2.72. The fourth-order valence-electron chi connectivity index (χ4n) is 7.38. The first-order chi connectivity index (χ1) is 10.4. The minimum atomic E-state index is -0.100. The van der Waals surface area contributed by atoms with Gasteiger partial charge in [0.05, 0.1) is 6.10 Å². The lowest BCUT2D eigenvalue weighted by molar-refractivity contribution is -0.142. The minimum Gasteiger partial charge on any atom is -0.392 e. The van der Waals surface area contributed by atoms with Gasteiger partial charge in [0.25, 0.3) is 0 Å². The molecule has 0 spiro atoms. The molecule has 0 aromatic carbocycles.